The van der Waals surface area contributed by atoms with Gasteiger partial charge in [-0.1, -0.05) is 51.0 Å². The van der Waals surface area contributed by atoms with Gasteiger partial charge in [-0.15, -0.1) is 0 Å². The highest BCUT2D eigenvalue weighted by molar-refractivity contribution is 5.38. The summed E-state index contributed by atoms with van der Waals surface area (Å²) in [4.78, 5) is 0. The molecule has 170 valence electrons. The number of fused-ring (bicyclic) bond motifs is 1. The van der Waals surface area contributed by atoms with Crippen LogP contribution in [-0.2, 0) is 0 Å². The van der Waals surface area contributed by atoms with Crippen LogP contribution in [0.1, 0.15) is 91.9 Å². The SMILES string of the molecule is C=C1C(=CC=C2CCC[C@]3(C)C([C@H](C)CCCC(C)(C)O)CC[C@@H]23)C[C@@H](O)C[C@@H]1O. The molecule has 0 heterocycles. The molecule has 1 unspecified atom stereocenters. The van der Waals surface area contributed by atoms with E-state index >= 15 is 0 Å². The van der Waals surface area contributed by atoms with Crippen molar-refractivity contribution >= 4 is 0 Å². The van der Waals surface area contributed by atoms with Crippen molar-refractivity contribution in [3.8, 4) is 0 Å². The van der Waals surface area contributed by atoms with E-state index in [9.17, 15) is 15.3 Å². The smallest absolute Gasteiger partial charge is 0.0811 e. The molecule has 0 saturated heterocycles. The van der Waals surface area contributed by atoms with Crippen LogP contribution < -0.4 is 0 Å². The third-order valence-corrected chi connectivity index (χ3v) is 8.44. The van der Waals surface area contributed by atoms with Crippen LogP contribution >= 0.6 is 0 Å². The fraction of sp³-hybridized carbons (Fsp3) is 0.778. The summed E-state index contributed by atoms with van der Waals surface area (Å²) in [7, 11) is 0. The van der Waals surface area contributed by atoms with E-state index in [4.69, 9.17) is 0 Å². The van der Waals surface area contributed by atoms with Gasteiger partial charge in [-0.05, 0) is 93.1 Å². The molecule has 0 bridgehead atoms. The molecule has 0 radical (unpaired) electrons. The number of hydrogen-bond acceptors (Lipinski definition) is 3. The molecule has 30 heavy (non-hydrogen) atoms. The van der Waals surface area contributed by atoms with Crippen LogP contribution in [0.4, 0.5) is 0 Å². The molecule has 3 aliphatic carbocycles. The molecule has 0 aromatic heterocycles. The Morgan fingerprint density at radius 3 is 2.67 bits per heavy atom. The number of aliphatic hydroxyl groups is 3. The molecule has 3 N–H and O–H groups in total. The predicted octanol–water partition coefficient (Wildman–Crippen LogP) is 5.70. The molecular weight excluding hydrogens is 372 g/mol. The van der Waals surface area contributed by atoms with Crippen LogP contribution in [0, 0.1) is 23.2 Å². The van der Waals surface area contributed by atoms with Gasteiger partial charge in [0.1, 0.15) is 0 Å². The molecule has 3 nitrogen and oxygen atoms in total. The zero-order chi connectivity index (χ0) is 22.1. The Bertz CT molecular complexity index is 683. The third-order valence-electron chi connectivity index (χ3n) is 8.44. The van der Waals surface area contributed by atoms with Crippen molar-refractivity contribution in [2.45, 2.75) is 110 Å². The lowest BCUT2D eigenvalue weighted by atomic mass is 9.60. The summed E-state index contributed by atoms with van der Waals surface area (Å²) in [6, 6.07) is 0. The van der Waals surface area contributed by atoms with E-state index in [-0.39, 0.29) is 0 Å². The minimum absolute atomic E-state index is 0.374. The molecule has 0 aromatic rings. The summed E-state index contributed by atoms with van der Waals surface area (Å²) in [6.07, 6.45) is 13.9. The van der Waals surface area contributed by atoms with E-state index in [2.05, 4.69) is 32.6 Å². The summed E-state index contributed by atoms with van der Waals surface area (Å²) in [5.74, 6) is 2.11. The fourth-order valence-electron chi connectivity index (χ4n) is 6.74. The first-order valence-electron chi connectivity index (χ1n) is 12.2. The van der Waals surface area contributed by atoms with Crippen molar-refractivity contribution in [2.75, 3.05) is 0 Å². The second-order valence-electron chi connectivity index (χ2n) is 11.3. The van der Waals surface area contributed by atoms with Gasteiger partial charge < -0.3 is 15.3 Å². The Balaban J connectivity index is 1.70. The maximum atomic E-state index is 10.1. The molecule has 3 fully saturated rings. The largest absolute Gasteiger partial charge is 0.393 e. The van der Waals surface area contributed by atoms with Crippen LogP contribution in [0.15, 0.2) is 35.5 Å². The topological polar surface area (TPSA) is 60.7 Å². The van der Waals surface area contributed by atoms with Gasteiger partial charge >= 0.3 is 0 Å². The van der Waals surface area contributed by atoms with Crippen molar-refractivity contribution in [3.63, 3.8) is 0 Å². The zero-order valence-corrected chi connectivity index (χ0v) is 19.7. The van der Waals surface area contributed by atoms with Gasteiger partial charge in [0.25, 0.3) is 0 Å². The average molecular weight is 417 g/mol. The van der Waals surface area contributed by atoms with Gasteiger partial charge in [0, 0.05) is 6.42 Å². The van der Waals surface area contributed by atoms with Crippen LogP contribution in [0.25, 0.3) is 0 Å². The summed E-state index contributed by atoms with van der Waals surface area (Å²) < 4.78 is 0. The van der Waals surface area contributed by atoms with Crippen molar-refractivity contribution in [2.24, 2.45) is 23.2 Å². The Hall–Kier alpha value is -0.900. The van der Waals surface area contributed by atoms with Gasteiger partial charge in [0.15, 0.2) is 0 Å². The molecule has 6 atom stereocenters. The molecule has 3 rings (SSSR count). The fourth-order valence-corrected chi connectivity index (χ4v) is 6.74. The van der Waals surface area contributed by atoms with Crippen molar-refractivity contribution in [1.82, 2.24) is 0 Å². The van der Waals surface area contributed by atoms with E-state index in [0.29, 0.717) is 30.1 Å². The Kier molecular flexibility index (Phi) is 7.37. The highest BCUT2D eigenvalue weighted by Crippen LogP contribution is 2.60. The van der Waals surface area contributed by atoms with Gasteiger partial charge in [-0.25, -0.2) is 0 Å². The second kappa shape index (κ2) is 9.30. The first-order valence-corrected chi connectivity index (χ1v) is 12.2. The third kappa shape index (κ3) is 5.29. The molecular formula is C27H44O3. The maximum Gasteiger partial charge on any atom is 0.0811 e. The summed E-state index contributed by atoms with van der Waals surface area (Å²) in [6.45, 7) is 12.8. The van der Waals surface area contributed by atoms with Crippen molar-refractivity contribution < 1.29 is 15.3 Å². The van der Waals surface area contributed by atoms with E-state index in [1.54, 1.807) is 5.57 Å². The number of rotatable bonds is 6. The highest BCUT2D eigenvalue weighted by atomic mass is 16.3. The minimum Gasteiger partial charge on any atom is -0.393 e. The van der Waals surface area contributed by atoms with Crippen molar-refractivity contribution in [1.29, 1.82) is 0 Å². The average Bonchev–Trinajstić information content (AvgIpc) is 3.00. The lowest BCUT2D eigenvalue weighted by Gasteiger charge is -2.44. The molecule has 3 saturated carbocycles. The minimum atomic E-state index is -0.615. The monoisotopic (exact) mass is 416 g/mol. The second-order valence-corrected chi connectivity index (χ2v) is 11.3. The molecule has 0 aromatic carbocycles. The van der Waals surface area contributed by atoms with E-state index in [1.165, 1.54) is 38.5 Å². The van der Waals surface area contributed by atoms with E-state index in [1.807, 2.05) is 13.8 Å². The Morgan fingerprint density at radius 1 is 1.23 bits per heavy atom. The molecule has 3 heteroatoms. The van der Waals surface area contributed by atoms with E-state index < -0.39 is 17.8 Å². The Morgan fingerprint density at radius 2 is 1.97 bits per heavy atom. The number of allylic oxidation sites excluding steroid dienone is 3. The predicted molar refractivity (Wildman–Crippen MR) is 124 cm³/mol. The normalized spacial score (nSPS) is 38.8. The first-order chi connectivity index (χ1) is 14.0. The van der Waals surface area contributed by atoms with Gasteiger partial charge in [0.05, 0.1) is 17.8 Å². The standard InChI is InChI=1S/C27H44O3/c1-18(8-6-14-26(3,4)30)23-12-13-24-20(9-7-15-27(23,24)5)10-11-21-16-22(28)17-25(29)19(21)2/h10-11,18,22-25,28-30H,2,6-9,12-17H2,1,3-5H3/t18-,22-,23?,24+,25+,27-/m1/s1. The van der Waals surface area contributed by atoms with Gasteiger partial charge in [-0.3, -0.25) is 0 Å². The summed E-state index contributed by atoms with van der Waals surface area (Å²) in [5, 5.41) is 30.2. The highest BCUT2D eigenvalue weighted by Gasteiger charge is 2.50. The summed E-state index contributed by atoms with van der Waals surface area (Å²) in [5.41, 5.74) is 3.17. The Labute approximate surface area is 184 Å². The maximum absolute atomic E-state index is 10.1. The first kappa shape index (κ1) is 23.8. The summed E-state index contributed by atoms with van der Waals surface area (Å²) >= 11 is 0. The van der Waals surface area contributed by atoms with Gasteiger partial charge in [0.2, 0.25) is 0 Å². The zero-order valence-electron chi connectivity index (χ0n) is 19.7. The van der Waals surface area contributed by atoms with E-state index in [0.717, 1.165) is 29.9 Å². The molecule has 0 aliphatic heterocycles. The van der Waals surface area contributed by atoms with Crippen LogP contribution in [0.2, 0.25) is 0 Å². The lowest BCUT2D eigenvalue weighted by Crippen LogP contribution is -2.36. The lowest BCUT2D eigenvalue weighted by molar-refractivity contribution is 0.0596. The van der Waals surface area contributed by atoms with Crippen LogP contribution in [0.5, 0.6) is 0 Å². The van der Waals surface area contributed by atoms with Crippen LogP contribution in [0.3, 0.4) is 0 Å². The quantitative estimate of drug-likeness (QED) is 0.520. The molecule has 3 aliphatic rings. The molecule has 0 amide bonds. The van der Waals surface area contributed by atoms with Gasteiger partial charge in [-0.2, -0.15) is 0 Å². The van der Waals surface area contributed by atoms with Crippen LogP contribution in [-0.4, -0.2) is 33.1 Å². The molecule has 0 spiro atoms. The number of aliphatic hydroxyl groups excluding tert-OH is 2. The van der Waals surface area contributed by atoms with Crippen molar-refractivity contribution in [3.05, 3.63) is 35.5 Å². The number of hydrogen-bond donors (Lipinski definition) is 3.